The zero-order valence-corrected chi connectivity index (χ0v) is 7.65. The Balaban J connectivity index is 0.000000217. The van der Waals surface area contributed by atoms with E-state index in [2.05, 4.69) is 0 Å². The van der Waals surface area contributed by atoms with Crippen molar-refractivity contribution in [3.05, 3.63) is 0 Å². The lowest BCUT2D eigenvalue weighted by molar-refractivity contribution is 0.130. The second-order valence-corrected chi connectivity index (χ2v) is 3.83. The highest BCUT2D eigenvalue weighted by Crippen LogP contribution is 2.25. The molecular formula is C6H15O5P. The van der Waals surface area contributed by atoms with Crippen molar-refractivity contribution < 1.29 is 24.4 Å². The zero-order valence-electron chi connectivity index (χ0n) is 6.76. The van der Waals surface area contributed by atoms with Crippen molar-refractivity contribution >= 4 is 7.82 Å². The molecule has 5 nitrogen and oxygen atoms in total. The first kappa shape index (κ1) is 12.1. The van der Waals surface area contributed by atoms with E-state index in [0.717, 1.165) is 12.8 Å². The lowest BCUT2D eigenvalue weighted by Gasteiger charge is -2.14. The Labute approximate surface area is 71.3 Å². The van der Waals surface area contributed by atoms with Crippen molar-refractivity contribution in [2.24, 2.45) is 0 Å². The summed E-state index contributed by atoms with van der Waals surface area (Å²) in [6.07, 6.45) is 5.92. The van der Waals surface area contributed by atoms with Gasteiger partial charge in [0.15, 0.2) is 0 Å². The van der Waals surface area contributed by atoms with Gasteiger partial charge in [-0.15, -0.1) is 0 Å². The fourth-order valence-corrected chi connectivity index (χ4v) is 1.08. The number of phosphoric acid groups is 1. The molecule has 0 unspecified atom stereocenters. The molecule has 1 aliphatic carbocycles. The smallest absolute Gasteiger partial charge is 0.393 e. The van der Waals surface area contributed by atoms with Crippen LogP contribution < -0.4 is 0 Å². The van der Waals surface area contributed by atoms with Crippen molar-refractivity contribution in [1.29, 1.82) is 0 Å². The van der Waals surface area contributed by atoms with Crippen LogP contribution in [0.1, 0.15) is 32.1 Å². The van der Waals surface area contributed by atoms with Crippen LogP contribution >= 0.6 is 7.82 Å². The van der Waals surface area contributed by atoms with Crippen LogP contribution in [0.3, 0.4) is 0 Å². The molecular weight excluding hydrogens is 183 g/mol. The van der Waals surface area contributed by atoms with Gasteiger partial charge in [0, 0.05) is 0 Å². The summed E-state index contributed by atoms with van der Waals surface area (Å²) in [7, 11) is -4.64. The number of aliphatic hydroxyl groups is 1. The summed E-state index contributed by atoms with van der Waals surface area (Å²) in [5.74, 6) is 0. The maximum Gasteiger partial charge on any atom is 0.466 e. The highest BCUT2D eigenvalue weighted by atomic mass is 31.2. The first-order valence-electron chi connectivity index (χ1n) is 3.86. The Morgan fingerprint density at radius 3 is 1.50 bits per heavy atom. The molecule has 1 fully saturated rings. The normalized spacial score (nSPS) is 19.7. The van der Waals surface area contributed by atoms with Gasteiger partial charge in [-0.25, -0.2) is 4.57 Å². The van der Waals surface area contributed by atoms with Crippen LogP contribution in [-0.2, 0) is 4.57 Å². The van der Waals surface area contributed by atoms with Crippen molar-refractivity contribution in [2.45, 2.75) is 38.2 Å². The number of hydrogen-bond acceptors (Lipinski definition) is 2. The molecule has 0 atom stereocenters. The topological polar surface area (TPSA) is 98.0 Å². The first-order valence-corrected chi connectivity index (χ1v) is 5.42. The average Bonchev–Trinajstić information content (AvgIpc) is 1.85. The summed E-state index contributed by atoms with van der Waals surface area (Å²) in [5.41, 5.74) is 0. The van der Waals surface area contributed by atoms with Gasteiger partial charge in [-0.1, -0.05) is 19.3 Å². The van der Waals surface area contributed by atoms with E-state index in [4.69, 9.17) is 24.4 Å². The van der Waals surface area contributed by atoms with E-state index in [0.29, 0.717) is 0 Å². The Hall–Kier alpha value is 0.0700. The molecule has 0 aromatic carbocycles. The molecule has 0 aliphatic heterocycles. The van der Waals surface area contributed by atoms with Crippen LogP contribution in [0.2, 0.25) is 0 Å². The van der Waals surface area contributed by atoms with Gasteiger partial charge < -0.3 is 19.8 Å². The van der Waals surface area contributed by atoms with E-state index in [1.54, 1.807) is 0 Å². The number of hydrogen-bond donors (Lipinski definition) is 4. The van der Waals surface area contributed by atoms with Gasteiger partial charge >= 0.3 is 7.82 Å². The molecule has 0 amide bonds. The third-order valence-electron chi connectivity index (χ3n) is 1.57. The second-order valence-electron chi connectivity index (χ2n) is 2.81. The van der Waals surface area contributed by atoms with Gasteiger partial charge in [0.25, 0.3) is 0 Å². The van der Waals surface area contributed by atoms with Gasteiger partial charge in [-0.2, -0.15) is 0 Å². The van der Waals surface area contributed by atoms with E-state index in [9.17, 15) is 0 Å². The third-order valence-corrected chi connectivity index (χ3v) is 1.57. The van der Waals surface area contributed by atoms with Crippen molar-refractivity contribution in [2.75, 3.05) is 0 Å². The highest BCUT2D eigenvalue weighted by Gasteiger charge is 2.07. The van der Waals surface area contributed by atoms with Gasteiger partial charge in [0.05, 0.1) is 6.10 Å². The van der Waals surface area contributed by atoms with Gasteiger partial charge in [-0.3, -0.25) is 0 Å². The van der Waals surface area contributed by atoms with Crippen LogP contribution in [0.4, 0.5) is 0 Å². The Kier molecular flexibility index (Phi) is 5.70. The fraction of sp³-hybridized carbons (Fsp3) is 1.00. The quantitative estimate of drug-likeness (QED) is 0.422. The molecule has 0 aromatic heterocycles. The summed E-state index contributed by atoms with van der Waals surface area (Å²) in [5, 5.41) is 8.91. The average molecular weight is 198 g/mol. The predicted molar refractivity (Wildman–Crippen MR) is 43.4 cm³/mol. The van der Waals surface area contributed by atoms with Crippen molar-refractivity contribution in [1.82, 2.24) is 0 Å². The molecule has 0 aromatic rings. The van der Waals surface area contributed by atoms with Crippen LogP contribution in [0.25, 0.3) is 0 Å². The van der Waals surface area contributed by atoms with Crippen LogP contribution in [-0.4, -0.2) is 25.9 Å². The maximum absolute atomic E-state index is 8.91. The molecule has 0 radical (unpaired) electrons. The minimum absolute atomic E-state index is 0.0359. The summed E-state index contributed by atoms with van der Waals surface area (Å²) in [6.45, 7) is 0. The molecule has 0 saturated heterocycles. The lowest BCUT2D eigenvalue weighted by atomic mass is 9.98. The maximum atomic E-state index is 8.91. The Morgan fingerprint density at radius 1 is 1.00 bits per heavy atom. The van der Waals surface area contributed by atoms with Gasteiger partial charge in [0.1, 0.15) is 0 Å². The summed E-state index contributed by atoms with van der Waals surface area (Å²) in [6, 6.07) is 0. The van der Waals surface area contributed by atoms with E-state index in [1.165, 1.54) is 19.3 Å². The third kappa shape index (κ3) is 12.7. The summed E-state index contributed by atoms with van der Waals surface area (Å²) < 4.78 is 8.88. The van der Waals surface area contributed by atoms with Gasteiger partial charge in [0.2, 0.25) is 0 Å². The van der Waals surface area contributed by atoms with Gasteiger partial charge in [-0.05, 0) is 12.8 Å². The second kappa shape index (κ2) is 5.67. The fourth-order valence-electron chi connectivity index (χ4n) is 1.08. The summed E-state index contributed by atoms with van der Waals surface area (Å²) in [4.78, 5) is 21.6. The number of rotatable bonds is 0. The van der Waals surface area contributed by atoms with Crippen LogP contribution in [0.15, 0.2) is 0 Å². The van der Waals surface area contributed by atoms with E-state index in [-0.39, 0.29) is 6.10 Å². The number of aliphatic hydroxyl groups excluding tert-OH is 1. The predicted octanol–water partition coefficient (Wildman–Crippen LogP) is 0.383. The van der Waals surface area contributed by atoms with Crippen molar-refractivity contribution in [3.8, 4) is 0 Å². The molecule has 12 heavy (non-hydrogen) atoms. The molecule has 0 heterocycles. The SMILES string of the molecule is O=P(O)(O)O.OC1CCCCC1. The standard InChI is InChI=1S/C6H12O.H3O4P/c7-6-4-2-1-3-5-6;1-5(2,3)4/h6-7H,1-5H2;(H3,1,2,3,4). The molecule has 6 heteroatoms. The van der Waals surface area contributed by atoms with E-state index < -0.39 is 7.82 Å². The van der Waals surface area contributed by atoms with E-state index >= 15 is 0 Å². The molecule has 0 bridgehead atoms. The first-order chi connectivity index (χ1) is 5.39. The lowest BCUT2D eigenvalue weighted by Crippen LogP contribution is -2.09. The molecule has 1 aliphatic rings. The molecule has 4 N–H and O–H groups in total. The van der Waals surface area contributed by atoms with Crippen molar-refractivity contribution in [3.63, 3.8) is 0 Å². The molecule has 1 rings (SSSR count). The molecule has 74 valence electrons. The molecule has 1 saturated carbocycles. The molecule has 0 spiro atoms. The highest BCUT2D eigenvalue weighted by molar-refractivity contribution is 7.45. The zero-order chi connectivity index (χ0) is 9.61. The minimum Gasteiger partial charge on any atom is -0.393 e. The van der Waals surface area contributed by atoms with Crippen LogP contribution in [0, 0.1) is 0 Å². The Bertz CT molecular complexity index is 140. The Morgan fingerprint density at radius 2 is 1.33 bits per heavy atom. The largest absolute Gasteiger partial charge is 0.466 e. The summed E-state index contributed by atoms with van der Waals surface area (Å²) >= 11 is 0. The monoisotopic (exact) mass is 198 g/mol. The van der Waals surface area contributed by atoms with Crippen LogP contribution in [0.5, 0.6) is 0 Å². The van der Waals surface area contributed by atoms with E-state index in [1.807, 2.05) is 0 Å². The minimum atomic E-state index is -4.64.